The Labute approximate surface area is 117 Å². The largest absolute Gasteiger partial charge is 0.391 e. The highest BCUT2D eigenvalue weighted by Crippen LogP contribution is 2.09. The number of rotatable bonds is 6. The molecule has 0 aliphatic carbocycles. The number of aromatic nitrogens is 4. The lowest BCUT2D eigenvalue weighted by Crippen LogP contribution is -2.33. The van der Waals surface area contributed by atoms with E-state index in [0.717, 1.165) is 12.1 Å². The van der Waals surface area contributed by atoms with Crippen LogP contribution in [0.4, 0.5) is 0 Å². The van der Waals surface area contributed by atoms with Gasteiger partial charge >= 0.3 is 0 Å². The van der Waals surface area contributed by atoms with Crippen LogP contribution in [0.15, 0.2) is 12.5 Å². The minimum atomic E-state index is -0.517. The van der Waals surface area contributed by atoms with E-state index < -0.39 is 6.10 Å². The number of fused-ring (bicyclic) bond motifs is 1. The molecular formula is C13H19N5O2. The van der Waals surface area contributed by atoms with Crippen LogP contribution in [0, 0.1) is 0 Å². The third kappa shape index (κ3) is 2.93. The summed E-state index contributed by atoms with van der Waals surface area (Å²) in [7, 11) is 0. The summed E-state index contributed by atoms with van der Waals surface area (Å²) >= 11 is 0. The van der Waals surface area contributed by atoms with Gasteiger partial charge in [-0.05, 0) is 12.8 Å². The molecule has 108 valence electrons. The summed E-state index contributed by atoms with van der Waals surface area (Å²) < 4.78 is 1.57. The molecule has 7 nitrogen and oxygen atoms in total. The maximum Gasteiger partial charge on any atom is 0.254 e. The van der Waals surface area contributed by atoms with Crippen LogP contribution < -0.4 is 5.32 Å². The fraction of sp³-hybridized carbons (Fsp3) is 0.538. The first kappa shape index (κ1) is 14.4. The van der Waals surface area contributed by atoms with Crippen molar-refractivity contribution in [3.63, 3.8) is 0 Å². The Morgan fingerprint density at radius 1 is 1.45 bits per heavy atom. The Balaban J connectivity index is 2.17. The quantitative estimate of drug-likeness (QED) is 0.805. The average molecular weight is 277 g/mol. The van der Waals surface area contributed by atoms with Crippen LogP contribution in [0.3, 0.4) is 0 Å². The Kier molecular flexibility index (Phi) is 4.62. The minimum Gasteiger partial charge on any atom is -0.391 e. The molecule has 20 heavy (non-hydrogen) atoms. The van der Waals surface area contributed by atoms with E-state index in [-0.39, 0.29) is 12.5 Å². The number of amides is 1. The van der Waals surface area contributed by atoms with E-state index in [9.17, 15) is 9.90 Å². The monoisotopic (exact) mass is 277 g/mol. The van der Waals surface area contributed by atoms with E-state index >= 15 is 0 Å². The fourth-order valence-electron chi connectivity index (χ4n) is 2.10. The van der Waals surface area contributed by atoms with E-state index in [1.165, 1.54) is 12.5 Å². The van der Waals surface area contributed by atoms with Crippen molar-refractivity contribution in [3.8, 4) is 0 Å². The zero-order chi connectivity index (χ0) is 14.5. The van der Waals surface area contributed by atoms with Gasteiger partial charge in [0.15, 0.2) is 0 Å². The lowest BCUT2D eigenvalue weighted by Gasteiger charge is -2.12. The number of aliphatic hydroxyl groups is 1. The minimum absolute atomic E-state index is 0.241. The van der Waals surface area contributed by atoms with Crippen LogP contribution in [0.1, 0.15) is 42.7 Å². The van der Waals surface area contributed by atoms with Gasteiger partial charge in [0, 0.05) is 12.7 Å². The number of carbonyl (C=O) groups is 1. The van der Waals surface area contributed by atoms with Crippen LogP contribution >= 0.6 is 0 Å². The molecule has 1 amide bonds. The van der Waals surface area contributed by atoms with Gasteiger partial charge in [0.25, 0.3) is 11.7 Å². The van der Waals surface area contributed by atoms with Gasteiger partial charge in [0.05, 0.1) is 17.4 Å². The van der Waals surface area contributed by atoms with Crippen LogP contribution in [0.25, 0.3) is 5.78 Å². The molecule has 0 bridgehead atoms. The van der Waals surface area contributed by atoms with Gasteiger partial charge in [-0.25, -0.2) is 9.50 Å². The molecule has 0 saturated carbocycles. The summed E-state index contributed by atoms with van der Waals surface area (Å²) in [6.45, 7) is 4.17. The molecule has 0 saturated heterocycles. The van der Waals surface area contributed by atoms with E-state index in [1.807, 2.05) is 13.8 Å². The van der Waals surface area contributed by atoms with Gasteiger partial charge in [-0.15, -0.1) is 0 Å². The predicted octanol–water partition coefficient (Wildman–Crippen LogP) is 0.577. The standard InChI is InChI=1S/C13H19N5O2/c1-3-5-9(19)6-14-12(20)10-7-15-13-16-8-17-18(13)11(10)4-2/h7-9,19H,3-6H2,1-2H3,(H,14,20). The first-order chi connectivity index (χ1) is 9.67. The van der Waals surface area contributed by atoms with Gasteiger partial charge < -0.3 is 10.4 Å². The molecule has 0 aliphatic heterocycles. The third-order valence-electron chi connectivity index (χ3n) is 3.11. The number of aliphatic hydroxyl groups excluding tert-OH is 1. The van der Waals surface area contributed by atoms with Crippen LogP contribution in [0.5, 0.6) is 0 Å². The molecule has 2 N–H and O–H groups in total. The van der Waals surface area contributed by atoms with Gasteiger partial charge in [-0.3, -0.25) is 4.79 Å². The molecule has 2 rings (SSSR count). The van der Waals surface area contributed by atoms with Crippen molar-refractivity contribution in [1.82, 2.24) is 24.9 Å². The first-order valence-corrected chi connectivity index (χ1v) is 6.81. The summed E-state index contributed by atoms with van der Waals surface area (Å²) in [6.07, 6.45) is 4.59. The number of nitrogens with one attached hydrogen (secondary N) is 1. The van der Waals surface area contributed by atoms with E-state index in [1.54, 1.807) is 4.52 Å². The maximum absolute atomic E-state index is 12.2. The van der Waals surface area contributed by atoms with Gasteiger partial charge in [0.2, 0.25) is 0 Å². The normalized spacial score (nSPS) is 12.6. The molecule has 1 unspecified atom stereocenters. The molecular weight excluding hydrogens is 258 g/mol. The molecule has 0 aliphatic rings. The molecule has 2 heterocycles. The smallest absolute Gasteiger partial charge is 0.254 e. The molecule has 0 aromatic carbocycles. The Morgan fingerprint density at radius 2 is 2.25 bits per heavy atom. The summed E-state index contributed by atoms with van der Waals surface area (Å²) in [5.41, 5.74) is 1.23. The zero-order valence-corrected chi connectivity index (χ0v) is 11.7. The third-order valence-corrected chi connectivity index (χ3v) is 3.11. The highest BCUT2D eigenvalue weighted by molar-refractivity contribution is 5.95. The van der Waals surface area contributed by atoms with Crippen molar-refractivity contribution in [1.29, 1.82) is 0 Å². The molecule has 2 aromatic rings. The van der Waals surface area contributed by atoms with Crippen molar-refractivity contribution in [2.75, 3.05) is 6.54 Å². The lowest BCUT2D eigenvalue weighted by atomic mass is 10.1. The first-order valence-electron chi connectivity index (χ1n) is 6.81. The fourth-order valence-corrected chi connectivity index (χ4v) is 2.10. The molecule has 1 atom stereocenters. The molecule has 0 radical (unpaired) electrons. The number of hydrogen-bond donors (Lipinski definition) is 2. The van der Waals surface area contributed by atoms with Crippen molar-refractivity contribution in [2.24, 2.45) is 0 Å². The summed E-state index contributed by atoms with van der Waals surface area (Å²) in [4.78, 5) is 20.3. The second-order valence-corrected chi connectivity index (χ2v) is 4.60. The van der Waals surface area contributed by atoms with Crippen molar-refractivity contribution in [3.05, 3.63) is 23.8 Å². The molecule has 0 fully saturated rings. The Hall–Kier alpha value is -2.02. The summed E-state index contributed by atoms with van der Waals surface area (Å²) in [5.74, 6) is 0.228. The van der Waals surface area contributed by atoms with E-state index in [0.29, 0.717) is 24.2 Å². The Bertz CT molecular complexity index is 595. The van der Waals surface area contributed by atoms with E-state index in [2.05, 4.69) is 20.4 Å². The van der Waals surface area contributed by atoms with Crippen molar-refractivity contribution < 1.29 is 9.90 Å². The molecule has 2 aromatic heterocycles. The van der Waals surface area contributed by atoms with Crippen LogP contribution in [0.2, 0.25) is 0 Å². The van der Waals surface area contributed by atoms with E-state index in [4.69, 9.17) is 0 Å². The summed E-state index contributed by atoms with van der Waals surface area (Å²) in [6, 6.07) is 0. The van der Waals surface area contributed by atoms with Gasteiger partial charge in [0.1, 0.15) is 6.33 Å². The summed E-state index contributed by atoms with van der Waals surface area (Å²) in [5, 5.41) is 16.4. The zero-order valence-electron chi connectivity index (χ0n) is 11.7. The highest BCUT2D eigenvalue weighted by atomic mass is 16.3. The van der Waals surface area contributed by atoms with Gasteiger partial charge in [-0.1, -0.05) is 20.3 Å². The number of hydrogen-bond acceptors (Lipinski definition) is 5. The number of aryl methyl sites for hydroxylation is 1. The van der Waals surface area contributed by atoms with Crippen LogP contribution in [-0.2, 0) is 6.42 Å². The van der Waals surface area contributed by atoms with Gasteiger partial charge in [-0.2, -0.15) is 10.1 Å². The van der Waals surface area contributed by atoms with Crippen LogP contribution in [-0.4, -0.2) is 43.2 Å². The lowest BCUT2D eigenvalue weighted by molar-refractivity contribution is 0.0908. The Morgan fingerprint density at radius 3 is 2.95 bits per heavy atom. The predicted molar refractivity (Wildman–Crippen MR) is 73.4 cm³/mol. The SMILES string of the molecule is CCCC(O)CNC(=O)c1cnc2ncnn2c1CC. The number of nitrogens with zero attached hydrogens (tertiary/aromatic N) is 4. The number of carbonyl (C=O) groups excluding carboxylic acids is 1. The van der Waals surface area contributed by atoms with Crippen molar-refractivity contribution in [2.45, 2.75) is 39.2 Å². The molecule has 7 heteroatoms. The second kappa shape index (κ2) is 6.42. The topological polar surface area (TPSA) is 92.4 Å². The highest BCUT2D eigenvalue weighted by Gasteiger charge is 2.16. The second-order valence-electron chi connectivity index (χ2n) is 4.60. The average Bonchev–Trinajstić information content (AvgIpc) is 2.92. The molecule has 0 spiro atoms. The maximum atomic E-state index is 12.2. The van der Waals surface area contributed by atoms with Crippen molar-refractivity contribution >= 4 is 11.7 Å².